The van der Waals surface area contributed by atoms with E-state index in [2.05, 4.69) is 17.2 Å². The number of halogens is 1. The van der Waals surface area contributed by atoms with Crippen LogP contribution < -0.4 is 5.69 Å². The number of rotatable bonds is 8. The summed E-state index contributed by atoms with van der Waals surface area (Å²) in [6.07, 6.45) is 0.279. The zero-order valence-electron chi connectivity index (χ0n) is 20.5. The minimum absolute atomic E-state index is 0.0747. The van der Waals surface area contributed by atoms with Crippen molar-refractivity contribution in [3.63, 3.8) is 0 Å². The van der Waals surface area contributed by atoms with Crippen LogP contribution in [0.25, 0.3) is 11.4 Å². The number of Topliss-reactive ketones (excluding diaryl/α,β-unsaturated/α-hetero) is 1. The van der Waals surface area contributed by atoms with Crippen LogP contribution in [0.3, 0.4) is 0 Å². The fraction of sp³-hybridized carbons (Fsp3) is 0.241. The Kier molecular flexibility index (Phi) is 7.23. The summed E-state index contributed by atoms with van der Waals surface area (Å²) in [7, 11) is 0. The number of hydrogen-bond donors (Lipinski definition) is 0. The van der Waals surface area contributed by atoms with Crippen LogP contribution in [0.15, 0.2) is 77.6 Å². The van der Waals surface area contributed by atoms with Gasteiger partial charge in [-0.15, -0.1) is 5.10 Å². The second-order valence-corrected chi connectivity index (χ2v) is 10.1. The first kappa shape index (κ1) is 25.2. The maximum Gasteiger partial charge on any atom is 0.346 e. The molecule has 0 atom stereocenters. The van der Waals surface area contributed by atoms with Crippen molar-refractivity contribution in [1.82, 2.24) is 14.3 Å². The van der Waals surface area contributed by atoms with Gasteiger partial charge in [0.05, 0.1) is 18.2 Å². The van der Waals surface area contributed by atoms with Gasteiger partial charge in [0.2, 0.25) is 0 Å². The van der Waals surface area contributed by atoms with E-state index in [1.165, 1.54) is 4.68 Å². The molecule has 4 aromatic rings. The zero-order chi connectivity index (χ0) is 25.9. The Morgan fingerprint density at radius 2 is 1.75 bits per heavy atom. The highest BCUT2D eigenvalue weighted by Crippen LogP contribution is 2.28. The molecule has 3 aromatic carbocycles. The molecule has 182 valence electrons. The summed E-state index contributed by atoms with van der Waals surface area (Å²) in [6.45, 7) is 6.23. The van der Waals surface area contributed by atoms with Gasteiger partial charge < -0.3 is 0 Å². The molecule has 0 aliphatic heterocycles. The monoisotopic (exact) mass is 498 g/mol. The highest BCUT2D eigenvalue weighted by atomic mass is 35.5. The smallest absolute Gasteiger partial charge is 0.298 e. The van der Waals surface area contributed by atoms with Crippen molar-refractivity contribution >= 4 is 17.4 Å². The summed E-state index contributed by atoms with van der Waals surface area (Å²) in [5, 5.41) is 14.2. The number of hydrogen-bond acceptors (Lipinski definition) is 4. The molecule has 0 N–H and O–H groups in total. The average molecular weight is 499 g/mol. The summed E-state index contributed by atoms with van der Waals surface area (Å²) in [5.74, 6) is 0.376. The predicted molar refractivity (Wildman–Crippen MR) is 141 cm³/mol. The van der Waals surface area contributed by atoms with Crippen LogP contribution in [0.5, 0.6) is 0 Å². The standard InChI is InChI=1S/C29H27ClN4O2/c1-20-5-4-6-24(15-20)29(2,3)16-26(35)19-34-28(36)33(18-22-9-7-21(17-31)8-10-22)27(32-34)23-11-13-25(30)14-12-23/h4-15H,16,18-19H2,1-3H3. The van der Waals surface area contributed by atoms with Crippen molar-refractivity contribution in [3.8, 4) is 17.5 Å². The quantitative estimate of drug-likeness (QED) is 0.320. The lowest BCUT2D eigenvalue weighted by Gasteiger charge is -2.24. The summed E-state index contributed by atoms with van der Waals surface area (Å²) in [4.78, 5) is 26.5. The molecule has 0 spiro atoms. The number of benzene rings is 3. The molecule has 0 fully saturated rings. The molecule has 0 saturated carbocycles. The number of ketones is 1. The van der Waals surface area contributed by atoms with Gasteiger partial charge in [0.25, 0.3) is 0 Å². The first-order valence-electron chi connectivity index (χ1n) is 11.7. The van der Waals surface area contributed by atoms with Gasteiger partial charge in [0.1, 0.15) is 6.54 Å². The molecule has 0 unspecified atom stereocenters. The van der Waals surface area contributed by atoms with Crippen molar-refractivity contribution in [3.05, 3.63) is 111 Å². The molecular formula is C29H27ClN4O2. The molecule has 7 heteroatoms. The Morgan fingerprint density at radius 1 is 1.06 bits per heavy atom. The van der Waals surface area contributed by atoms with Crippen LogP contribution in [-0.4, -0.2) is 20.1 Å². The molecule has 1 heterocycles. The summed E-state index contributed by atoms with van der Waals surface area (Å²) in [5.41, 5.74) is 3.58. The second kappa shape index (κ2) is 10.3. The Balaban J connectivity index is 1.64. The van der Waals surface area contributed by atoms with Gasteiger partial charge in [-0.3, -0.25) is 9.36 Å². The SMILES string of the molecule is Cc1cccc(C(C)(C)CC(=O)Cn2nc(-c3ccc(Cl)cc3)n(Cc3ccc(C#N)cc3)c2=O)c1. The van der Waals surface area contributed by atoms with Gasteiger partial charge in [-0.1, -0.05) is 67.4 Å². The van der Waals surface area contributed by atoms with Gasteiger partial charge in [-0.25, -0.2) is 9.48 Å². The lowest BCUT2D eigenvalue weighted by atomic mass is 9.79. The summed E-state index contributed by atoms with van der Waals surface area (Å²) >= 11 is 6.06. The number of aryl methyl sites for hydroxylation is 1. The molecule has 4 rings (SSSR count). The van der Waals surface area contributed by atoms with Crippen LogP contribution in [0.1, 0.15) is 42.5 Å². The first-order chi connectivity index (χ1) is 17.2. The average Bonchev–Trinajstić information content (AvgIpc) is 3.14. The van der Waals surface area contributed by atoms with E-state index in [1.54, 1.807) is 41.0 Å². The number of aromatic nitrogens is 3. The third kappa shape index (κ3) is 5.64. The Morgan fingerprint density at radius 3 is 2.39 bits per heavy atom. The minimum atomic E-state index is -0.378. The lowest BCUT2D eigenvalue weighted by Crippen LogP contribution is -2.30. The second-order valence-electron chi connectivity index (χ2n) is 9.63. The molecule has 0 saturated heterocycles. The van der Waals surface area contributed by atoms with Crippen molar-refractivity contribution < 1.29 is 4.79 Å². The van der Waals surface area contributed by atoms with E-state index in [9.17, 15) is 9.59 Å². The lowest BCUT2D eigenvalue weighted by molar-refractivity contribution is -0.120. The maximum absolute atomic E-state index is 13.4. The Labute approximate surface area is 215 Å². The highest BCUT2D eigenvalue weighted by molar-refractivity contribution is 6.30. The molecule has 6 nitrogen and oxygen atoms in total. The van der Waals surface area contributed by atoms with E-state index < -0.39 is 0 Å². The van der Waals surface area contributed by atoms with Crippen molar-refractivity contribution in [2.24, 2.45) is 0 Å². The van der Waals surface area contributed by atoms with Gasteiger partial charge in [-0.05, 0) is 59.9 Å². The van der Waals surface area contributed by atoms with Crippen LogP contribution in [-0.2, 0) is 23.3 Å². The first-order valence-corrected chi connectivity index (χ1v) is 12.1. The third-order valence-electron chi connectivity index (χ3n) is 6.21. The van der Waals surface area contributed by atoms with E-state index in [0.29, 0.717) is 16.4 Å². The Hall–Kier alpha value is -3.95. The van der Waals surface area contributed by atoms with Crippen LogP contribution in [0.4, 0.5) is 0 Å². The van der Waals surface area contributed by atoms with Gasteiger partial charge in [0, 0.05) is 17.0 Å². The largest absolute Gasteiger partial charge is 0.346 e. The predicted octanol–water partition coefficient (Wildman–Crippen LogP) is 5.53. The third-order valence-corrected chi connectivity index (χ3v) is 6.47. The van der Waals surface area contributed by atoms with E-state index in [1.807, 2.05) is 51.1 Å². The molecule has 0 aliphatic carbocycles. The van der Waals surface area contributed by atoms with E-state index in [0.717, 1.165) is 22.3 Å². The molecular weight excluding hydrogens is 472 g/mol. The maximum atomic E-state index is 13.4. The Bertz CT molecular complexity index is 1490. The molecule has 0 bridgehead atoms. The highest BCUT2D eigenvalue weighted by Gasteiger charge is 2.26. The summed E-state index contributed by atoms with van der Waals surface area (Å²) in [6, 6.07) is 24.3. The van der Waals surface area contributed by atoms with E-state index in [4.69, 9.17) is 16.9 Å². The minimum Gasteiger partial charge on any atom is -0.298 e. The van der Waals surface area contributed by atoms with Gasteiger partial charge >= 0.3 is 5.69 Å². The molecule has 36 heavy (non-hydrogen) atoms. The summed E-state index contributed by atoms with van der Waals surface area (Å²) < 4.78 is 2.78. The fourth-order valence-corrected chi connectivity index (χ4v) is 4.38. The van der Waals surface area contributed by atoms with Crippen LogP contribution in [0.2, 0.25) is 5.02 Å². The van der Waals surface area contributed by atoms with Gasteiger partial charge in [-0.2, -0.15) is 5.26 Å². The van der Waals surface area contributed by atoms with Crippen molar-refractivity contribution in [2.45, 2.75) is 45.7 Å². The number of carbonyl (C=O) groups is 1. The molecule has 0 aliphatic rings. The number of nitriles is 1. The molecule has 0 radical (unpaired) electrons. The van der Waals surface area contributed by atoms with E-state index >= 15 is 0 Å². The van der Waals surface area contributed by atoms with Gasteiger partial charge in [0.15, 0.2) is 11.6 Å². The van der Waals surface area contributed by atoms with Crippen molar-refractivity contribution in [1.29, 1.82) is 5.26 Å². The zero-order valence-corrected chi connectivity index (χ0v) is 21.3. The normalized spacial score (nSPS) is 11.3. The number of carbonyl (C=O) groups excluding carboxylic acids is 1. The topological polar surface area (TPSA) is 80.7 Å². The van der Waals surface area contributed by atoms with E-state index in [-0.39, 0.29) is 36.4 Å². The van der Waals surface area contributed by atoms with Crippen molar-refractivity contribution in [2.75, 3.05) is 0 Å². The molecule has 1 aromatic heterocycles. The van der Waals surface area contributed by atoms with Crippen LogP contribution in [0, 0.1) is 18.3 Å². The molecule has 0 amide bonds. The van der Waals surface area contributed by atoms with Crippen LogP contribution >= 0.6 is 11.6 Å². The number of nitrogens with zero attached hydrogens (tertiary/aromatic N) is 4. The fourth-order valence-electron chi connectivity index (χ4n) is 4.25.